The summed E-state index contributed by atoms with van der Waals surface area (Å²) < 4.78 is 4.89. The first kappa shape index (κ1) is 26.8. The highest BCUT2D eigenvalue weighted by Gasteiger charge is 2.21. The van der Waals surface area contributed by atoms with Crippen molar-refractivity contribution in [1.82, 2.24) is 9.13 Å². The molecular formula is C46H30N2. The van der Waals surface area contributed by atoms with Gasteiger partial charge in [0.15, 0.2) is 0 Å². The highest BCUT2D eigenvalue weighted by atomic mass is 15.0. The average Bonchev–Trinajstić information content (AvgIpc) is 3.68. The van der Waals surface area contributed by atoms with Crippen LogP contribution >= 0.6 is 0 Å². The first-order valence-electron chi connectivity index (χ1n) is 16.5. The molecule has 2 aromatic heterocycles. The van der Waals surface area contributed by atoms with E-state index in [-0.39, 0.29) is 0 Å². The van der Waals surface area contributed by atoms with Gasteiger partial charge < -0.3 is 9.13 Å². The minimum Gasteiger partial charge on any atom is -0.309 e. The molecule has 0 amide bonds. The van der Waals surface area contributed by atoms with Crippen LogP contribution in [0.25, 0.3) is 88.0 Å². The fraction of sp³-hybridized carbons (Fsp3) is 0. The summed E-state index contributed by atoms with van der Waals surface area (Å²) in [7, 11) is 0. The number of fused-ring (bicyclic) bond motifs is 8. The maximum atomic E-state index is 2.46. The third-order valence-electron chi connectivity index (χ3n) is 9.93. The lowest BCUT2D eigenvalue weighted by atomic mass is 9.98. The number of nitrogens with zero attached hydrogens (tertiary/aromatic N) is 2. The van der Waals surface area contributed by atoms with Crippen LogP contribution in [0.15, 0.2) is 182 Å². The molecule has 0 fully saturated rings. The van der Waals surface area contributed by atoms with Crippen molar-refractivity contribution in [3.05, 3.63) is 182 Å². The second kappa shape index (κ2) is 10.6. The van der Waals surface area contributed by atoms with E-state index in [4.69, 9.17) is 0 Å². The lowest BCUT2D eigenvalue weighted by Crippen LogP contribution is -1.97. The number of rotatable bonds is 4. The van der Waals surface area contributed by atoms with Gasteiger partial charge in [0.1, 0.15) is 0 Å². The van der Waals surface area contributed by atoms with Gasteiger partial charge in [0.2, 0.25) is 0 Å². The van der Waals surface area contributed by atoms with Crippen LogP contribution in [0, 0.1) is 0 Å². The molecule has 0 saturated carbocycles. The molecule has 2 heterocycles. The second-order valence-electron chi connectivity index (χ2n) is 12.5. The molecule has 0 N–H and O–H groups in total. The summed E-state index contributed by atoms with van der Waals surface area (Å²) in [6.45, 7) is 0. The van der Waals surface area contributed by atoms with Gasteiger partial charge in [0, 0.05) is 32.8 Å². The molecule has 0 unspecified atom stereocenters. The van der Waals surface area contributed by atoms with Crippen LogP contribution < -0.4 is 0 Å². The predicted octanol–water partition coefficient (Wildman–Crippen LogP) is 12.4. The van der Waals surface area contributed by atoms with Crippen LogP contribution in [0.3, 0.4) is 0 Å². The van der Waals surface area contributed by atoms with Crippen molar-refractivity contribution in [2.24, 2.45) is 0 Å². The minimum absolute atomic E-state index is 1.16. The van der Waals surface area contributed by atoms with Crippen LogP contribution in [0.2, 0.25) is 0 Å². The molecule has 10 aromatic rings. The quantitative estimate of drug-likeness (QED) is 0.188. The lowest BCUT2D eigenvalue weighted by Gasteiger charge is -2.14. The topological polar surface area (TPSA) is 9.86 Å². The summed E-state index contributed by atoms with van der Waals surface area (Å²) in [6, 6.07) is 66.1. The molecule has 2 nitrogen and oxygen atoms in total. The summed E-state index contributed by atoms with van der Waals surface area (Å²) >= 11 is 0. The molecule has 0 atom stereocenters. The van der Waals surface area contributed by atoms with E-state index < -0.39 is 0 Å². The van der Waals surface area contributed by atoms with Crippen LogP contribution in [0.1, 0.15) is 0 Å². The van der Waals surface area contributed by atoms with Crippen molar-refractivity contribution >= 4 is 54.4 Å². The zero-order valence-electron chi connectivity index (χ0n) is 26.2. The molecule has 0 bridgehead atoms. The number of para-hydroxylation sites is 3. The molecule has 10 rings (SSSR count). The Kier molecular flexibility index (Phi) is 5.91. The van der Waals surface area contributed by atoms with Crippen molar-refractivity contribution in [3.8, 4) is 33.6 Å². The smallest absolute Gasteiger partial charge is 0.0549 e. The first-order valence-corrected chi connectivity index (χ1v) is 16.5. The van der Waals surface area contributed by atoms with Crippen molar-refractivity contribution in [2.75, 3.05) is 0 Å². The number of hydrogen-bond acceptors (Lipinski definition) is 0. The zero-order chi connectivity index (χ0) is 31.6. The molecule has 0 aliphatic heterocycles. The summed E-state index contributed by atoms with van der Waals surface area (Å²) in [4.78, 5) is 0. The molecule has 0 aliphatic carbocycles. The van der Waals surface area contributed by atoms with Crippen LogP contribution in [0.4, 0.5) is 0 Å². The SMILES string of the molecule is c1ccc(-c2ccccc2-n2c3ccccc3c3c4c5ccccc5n(-c5ccc(-c6cccc7ccccc67)cc5)c4ccc32)cc1. The van der Waals surface area contributed by atoms with Gasteiger partial charge >= 0.3 is 0 Å². The van der Waals surface area contributed by atoms with Gasteiger partial charge in [-0.2, -0.15) is 0 Å². The summed E-state index contributed by atoms with van der Waals surface area (Å²) in [5, 5.41) is 7.63. The average molecular weight is 611 g/mol. The van der Waals surface area contributed by atoms with E-state index in [1.54, 1.807) is 0 Å². The highest BCUT2D eigenvalue weighted by molar-refractivity contribution is 6.29. The monoisotopic (exact) mass is 610 g/mol. The molecule has 0 aliphatic rings. The largest absolute Gasteiger partial charge is 0.309 e. The zero-order valence-corrected chi connectivity index (χ0v) is 26.2. The van der Waals surface area contributed by atoms with E-state index in [0.29, 0.717) is 0 Å². The van der Waals surface area contributed by atoms with Crippen LogP contribution in [-0.2, 0) is 0 Å². The third-order valence-corrected chi connectivity index (χ3v) is 9.93. The Labute approximate surface area is 278 Å². The van der Waals surface area contributed by atoms with Crippen LogP contribution in [0.5, 0.6) is 0 Å². The third kappa shape index (κ3) is 3.93. The molecule has 0 spiro atoms. The van der Waals surface area contributed by atoms with Crippen molar-refractivity contribution in [3.63, 3.8) is 0 Å². The van der Waals surface area contributed by atoms with Gasteiger partial charge in [-0.1, -0.05) is 140 Å². The Morgan fingerprint density at radius 1 is 0.292 bits per heavy atom. The standard InChI is InChI=1S/C46H30N2/c1-2-13-32(14-3-1)37-18-6-9-22-40(37)48-42-24-11-8-20-39(42)46-44(48)30-29-43-45(46)38-19-7-10-23-41(38)47(43)34-27-25-33(26-28-34)36-21-12-16-31-15-4-5-17-35(31)36/h1-30H. The summed E-state index contributed by atoms with van der Waals surface area (Å²) in [5.41, 5.74) is 12.1. The van der Waals surface area contributed by atoms with E-state index >= 15 is 0 Å². The Bertz CT molecular complexity index is 2810. The predicted molar refractivity (Wildman–Crippen MR) is 203 cm³/mol. The highest BCUT2D eigenvalue weighted by Crippen LogP contribution is 2.43. The fourth-order valence-corrected chi connectivity index (χ4v) is 7.85. The van der Waals surface area contributed by atoms with Gasteiger partial charge in [-0.15, -0.1) is 0 Å². The lowest BCUT2D eigenvalue weighted by molar-refractivity contribution is 1.17. The Hall–Kier alpha value is -6.38. The molecule has 2 heteroatoms. The Balaban J connectivity index is 1.23. The molecule has 48 heavy (non-hydrogen) atoms. The number of hydrogen-bond donors (Lipinski definition) is 0. The first-order chi connectivity index (χ1) is 23.8. The number of benzene rings is 8. The van der Waals surface area contributed by atoms with Gasteiger partial charge in [0.25, 0.3) is 0 Å². The van der Waals surface area contributed by atoms with E-state index in [2.05, 4.69) is 191 Å². The Morgan fingerprint density at radius 2 is 0.812 bits per heavy atom. The maximum Gasteiger partial charge on any atom is 0.0549 e. The van der Waals surface area contributed by atoms with E-state index in [1.165, 1.54) is 82.3 Å². The molecule has 8 aromatic carbocycles. The Morgan fingerprint density at radius 3 is 1.56 bits per heavy atom. The van der Waals surface area contributed by atoms with Crippen molar-refractivity contribution in [1.29, 1.82) is 0 Å². The number of aromatic nitrogens is 2. The molecule has 0 radical (unpaired) electrons. The van der Waals surface area contributed by atoms with Gasteiger partial charge in [-0.25, -0.2) is 0 Å². The van der Waals surface area contributed by atoms with Gasteiger partial charge in [-0.3, -0.25) is 0 Å². The van der Waals surface area contributed by atoms with Gasteiger partial charge in [0.05, 0.1) is 27.8 Å². The molecule has 224 valence electrons. The maximum absolute atomic E-state index is 2.46. The van der Waals surface area contributed by atoms with E-state index in [0.717, 1.165) is 5.69 Å². The minimum atomic E-state index is 1.16. The van der Waals surface area contributed by atoms with Crippen molar-refractivity contribution < 1.29 is 0 Å². The molecule has 0 saturated heterocycles. The normalized spacial score (nSPS) is 11.8. The van der Waals surface area contributed by atoms with Gasteiger partial charge in [-0.05, 0) is 69.9 Å². The second-order valence-corrected chi connectivity index (χ2v) is 12.5. The van der Waals surface area contributed by atoms with Crippen LogP contribution in [-0.4, -0.2) is 9.13 Å². The molecular weight excluding hydrogens is 581 g/mol. The van der Waals surface area contributed by atoms with E-state index in [1.807, 2.05) is 0 Å². The fourth-order valence-electron chi connectivity index (χ4n) is 7.85. The van der Waals surface area contributed by atoms with Crippen molar-refractivity contribution in [2.45, 2.75) is 0 Å². The summed E-state index contributed by atoms with van der Waals surface area (Å²) in [5.74, 6) is 0. The van der Waals surface area contributed by atoms with E-state index in [9.17, 15) is 0 Å². The summed E-state index contributed by atoms with van der Waals surface area (Å²) in [6.07, 6.45) is 0.